The van der Waals surface area contributed by atoms with Gasteiger partial charge in [0.15, 0.2) is 0 Å². The van der Waals surface area contributed by atoms with Gasteiger partial charge in [0.1, 0.15) is 5.75 Å². The molecule has 6 nitrogen and oxygen atoms in total. The zero-order valence-electron chi connectivity index (χ0n) is 14.7. The Bertz CT molecular complexity index is 881. The van der Waals surface area contributed by atoms with Crippen molar-refractivity contribution in [2.45, 2.75) is 24.3 Å². The lowest BCUT2D eigenvalue weighted by Crippen LogP contribution is -2.28. The highest BCUT2D eigenvalue weighted by Gasteiger charge is 2.23. The van der Waals surface area contributed by atoms with Gasteiger partial charge in [-0.25, -0.2) is 17.9 Å². The van der Waals surface area contributed by atoms with Gasteiger partial charge in [-0.2, -0.15) is 0 Å². The number of rotatable bonds is 7. The van der Waals surface area contributed by atoms with Crippen molar-refractivity contribution < 1.29 is 22.7 Å². The number of carbonyl (C=O) groups is 1. The van der Waals surface area contributed by atoms with E-state index in [0.29, 0.717) is 12.2 Å². The van der Waals surface area contributed by atoms with Gasteiger partial charge in [0.2, 0.25) is 10.0 Å². The zero-order valence-corrected chi connectivity index (χ0v) is 16.2. The van der Waals surface area contributed by atoms with Gasteiger partial charge in [0, 0.05) is 6.04 Å². The Morgan fingerprint density at radius 1 is 1.15 bits per heavy atom. The maximum atomic E-state index is 12.7. The molecule has 2 rings (SSSR count). The van der Waals surface area contributed by atoms with Gasteiger partial charge in [-0.15, -0.1) is 0 Å². The predicted molar refractivity (Wildman–Crippen MR) is 99.1 cm³/mol. The molecule has 0 aliphatic carbocycles. The normalized spacial score (nSPS) is 12.5. The first-order valence-corrected chi connectivity index (χ1v) is 9.72. The van der Waals surface area contributed by atoms with Gasteiger partial charge < -0.3 is 9.47 Å². The second-order valence-corrected chi connectivity index (χ2v) is 7.61. The molecule has 2 aromatic rings. The Labute approximate surface area is 158 Å². The van der Waals surface area contributed by atoms with E-state index in [1.807, 2.05) is 6.92 Å². The van der Waals surface area contributed by atoms with E-state index < -0.39 is 22.0 Å². The van der Waals surface area contributed by atoms with Crippen molar-refractivity contribution in [3.63, 3.8) is 0 Å². The van der Waals surface area contributed by atoms with Gasteiger partial charge in [0.05, 0.1) is 29.7 Å². The average Bonchev–Trinajstić information content (AvgIpc) is 2.65. The Morgan fingerprint density at radius 2 is 1.81 bits per heavy atom. The predicted octanol–water partition coefficient (Wildman–Crippen LogP) is 3.56. The van der Waals surface area contributed by atoms with Crippen LogP contribution < -0.4 is 9.46 Å². The molecule has 0 spiro atoms. The number of esters is 1. The van der Waals surface area contributed by atoms with Crippen LogP contribution in [0.15, 0.2) is 47.4 Å². The number of halogens is 1. The molecule has 0 aliphatic heterocycles. The molecule has 0 bridgehead atoms. The molecule has 0 amide bonds. The van der Waals surface area contributed by atoms with Crippen molar-refractivity contribution in [3.8, 4) is 5.75 Å². The van der Waals surface area contributed by atoms with Crippen LogP contribution in [0.1, 0.15) is 35.3 Å². The number of benzene rings is 2. The van der Waals surface area contributed by atoms with Crippen molar-refractivity contribution in [1.82, 2.24) is 4.72 Å². The number of hydrogen-bond acceptors (Lipinski definition) is 5. The lowest BCUT2D eigenvalue weighted by Gasteiger charge is -2.18. The first kappa shape index (κ1) is 20.2. The van der Waals surface area contributed by atoms with Gasteiger partial charge in [-0.1, -0.05) is 30.7 Å². The SMILES string of the molecule is CCC(NS(=O)(=O)c1ccc(Cl)c(C(=O)OC)c1)c1ccc(OC)cc1. The third-order valence-corrected chi connectivity index (χ3v) is 5.68. The third-order valence-electron chi connectivity index (χ3n) is 3.88. The topological polar surface area (TPSA) is 81.7 Å². The van der Waals surface area contributed by atoms with Crippen molar-refractivity contribution in [2.75, 3.05) is 14.2 Å². The summed E-state index contributed by atoms with van der Waals surface area (Å²) in [7, 11) is -1.10. The average molecular weight is 398 g/mol. The molecule has 0 radical (unpaired) electrons. The summed E-state index contributed by atoms with van der Waals surface area (Å²) in [6, 6.07) is 10.6. The number of methoxy groups -OCH3 is 2. The first-order valence-electron chi connectivity index (χ1n) is 7.86. The molecule has 26 heavy (non-hydrogen) atoms. The second-order valence-electron chi connectivity index (χ2n) is 5.49. The van der Waals surface area contributed by atoms with Crippen molar-refractivity contribution >= 4 is 27.6 Å². The standard InChI is InChI=1S/C18H20ClNO5S/c1-4-17(12-5-7-13(24-2)8-6-12)20-26(22,23)14-9-10-16(19)15(11-14)18(21)25-3/h5-11,17,20H,4H2,1-3H3. The van der Waals surface area contributed by atoms with Crippen LogP contribution in [0.5, 0.6) is 5.75 Å². The van der Waals surface area contributed by atoms with Crippen LogP contribution in [-0.2, 0) is 14.8 Å². The number of hydrogen-bond donors (Lipinski definition) is 1. The molecule has 0 aromatic heterocycles. The number of nitrogens with one attached hydrogen (secondary N) is 1. The van der Waals surface area contributed by atoms with Crippen molar-refractivity contribution in [1.29, 1.82) is 0 Å². The maximum Gasteiger partial charge on any atom is 0.339 e. The molecule has 1 unspecified atom stereocenters. The molecule has 1 atom stereocenters. The molecule has 0 saturated carbocycles. The van der Waals surface area contributed by atoms with E-state index in [0.717, 1.165) is 5.56 Å². The van der Waals surface area contributed by atoms with Crippen molar-refractivity contribution in [2.24, 2.45) is 0 Å². The molecule has 0 fully saturated rings. The smallest absolute Gasteiger partial charge is 0.339 e. The zero-order chi connectivity index (χ0) is 19.3. The summed E-state index contributed by atoms with van der Waals surface area (Å²) >= 11 is 5.95. The third kappa shape index (κ3) is 4.55. The van der Waals surface area contributed by atoms with Gasteiger partial charge in [0.25, 0.3) is 0 Å². The fraction of sp³-hybridized carbons (Fsp3) is 0.278. The molecule has 0 aliphatic rings. The Kier molecular flexibility index (Phi) is 6.63. The van der Waals surface area contributed by atoms with Gasteiger partial charge in [-0.05, 0) is 42.3 Å². The van der Waals surface area contributed by atoms with Crippen LogP contribution >= 0.6 is 11.6 Å². The van der Waals surface area contributed by atoms with Gasteiger partial charge >= 0.3 is 5.97 Å². The lowest BCUT2D eigenvalue weighted by atomic mass is 10.1. The second kappa shape index (κ2) is 8.53. The first-order chi connectivity index (χ1) is 12.3. The molecule has 2 aromatic carbocycles. The minimum Gasteiger partial charge on any atom is -0.497 e. The van der Waals surface area contributed by atoms with E-state index >= 15 is 0 Å². The van der Waals surface area contributed by atoms with Crippen LogP contribution in [0.2, 0.25) is 5.02 Å². The van der Waals surface area contributed by atoms with Gasteiger partial charge in [-0.3, -0.25) is 0 Å². The highest BCUT2D eigenvalue weighted by atomic mass is 35.5. The summed E-state index contributed by atoms with van der Waals surface area (Å²) in [6.45, 7) is 1.87. The van der Waals surface area contributed by atoms with E-state index in [1.165, 1.54) is 25.3 Å². The molecule has 0 heterocycles. The van der Waals surface area contributed by atoms with Crippen LogP contribution in [-0.4, -0.2) is 28.6 Å². The highest BCUT2D eigenvalue weighted by molar-refractivity contribution is 7.89. The van der Waals surface area contributed by atoms with Crippen LogP contribution in [0.3, 0.4) is 0 Å². The monoisotopic (exact) mass is 397 g/mol. The quantitative estimate of drug-likeness (QED) is 0.722. The fourth-order valence-corrected chi connectivity index (χ4v) is 3.94. The Hall–Kier alpha value is -2.09. The van der Waals surface area contributed by atoms with E-state index in [-0.39, 0.29) is 15.5 Å². The number of carbonyl (C=O) groups excluding carboxylic acids is 1. The fourth-order valence-electron chi connectivity index (χ4n) is 2.42. The van der Waals surface area contributed by atoms with Crippen LogP contribution in [0.25, 0.3) is 0 Å². The largest absolute Gasteiger partial charge is 0.497 e. The van der Waals surface area contributed by atoms with Crippen molar-refractivity contribution in [3.05, 3.63) is 58.6 Å². The summed E-state index contributed by atoms with van der Waals surface area (Å²) in [4.78, 5) is 11.7. The van der Waals surface area contributed by atoms with E-state index in [9.17, 15) is 13.2 Å². The molecular formula is C18H20ClNO5S. The summed E-state index contributed by atoms with van der Waals surface area (Å²) in [5.74, 6) is -0.0128. The molecule has 0 saturated heterocycles. The molecule has 8 heteroatoms. The van der Waals surface area contributed by atoms with E-state index in [4.69, 9.17) is 16.3 Å². The summed E-state index contributed by atoms with van der Waals surface area (Å²) in [5, 5.41) is 0.123. The van der Waals surface area contributed by atoms with Crippen LogP contribution in [0, 0.1) is 0 Å². The molecular weight excluding hydrogens is 378 g/mol. The van der Waals surface area contributed by atoms with E-state index in [1.54, 1.807) is 31.4 Å². The number of ether oxygens (including phenoxy) is 2. The minimum absolute atomic E-state index is 0.00506. The Morgan fingerprint density at radius 3 is 2.35 bits per heavy atom. The van der Waals surface area contributed by atoms with E-state index in [2.05, 4.69) is 9.46 Å². The van der Waals surface area contributed by atoms with Crippen LogP contribution in [0.4, 0.5) is 0 Å². The molecule has 1 N–H and O–H groups in total. The summed E-state index contributed by atoms with van der Waals surface area (Å²) < 4.78 is 37.9. The summed E-state index contributed by atoms with van der Waals surface area (Å²) in [5.41, 5.74) is 0.800. The molecule has 140 valence electrons. The minimum atomic E-state index is -3.86. The highest BCUT2D eigenvalue weighted by Crippen LogP contribution is 2.25. The summed E-state index contributed by atoms with van der Waals surface area (Å²) in [6.07, 6.45) is 0.545. The lowest BCUT2D eigenvalue weighted by molar-refractivity contribution is 0.0600. The number of sulfonamides is 1. The Balaban J connectivity index is 2.32. The maximum absolute atomic E-state index is 12.7.